The molecule has 1 fully saturated rings. The number of carboxylic acids is 1. The number of rotatable bonds is 5. The van der Waals surface area contributed by atoms with Gasteiger partial charge in [-0.2, -0.15) is 0 Å². The lowest BCUT2D eigenvalue weighted by Gasteiger charge is -2.27. The highest BCUT2D eigenvalue weighted by Crippen LogP contribution is 2.38. The average Bonchev–Trinajstić information content (AvgIpc) is 2.33. The number of halogens is 1. The van der Waals surface area contributed by atoms with Crippen molar-refractivity contribution in [2.45, 2.75) is 31.4 Å². The molecule has 0 aromatic heterocycles. The molecule has 1 aliphatic rings. The molecule has 0 spiro atoms. The van der Waals surface area contributed by atoms with E-state index in [-0.39, 0.29) is 11.1 Å². The van der Waals surface area contributed by atoms with Gasteiger partial charge in [-0.1, -0.05) is 11.6 Å². The summed E-state index contributed by atoms with van der Waals surface area (Å²) >= 11 is 6.02. The molecule has 2 rings (SSSR count). The topological polar surface area (TPSA) is 81.8 Å². The van der Waals surface area contributed by atoms with Crippen LogP contribution in [0.2, 0.25) is 5.02 Å². The summed E-state index contributed by atoms with van der Waals surface area (Å²) in [6, 6.07) is 1.91. The maximum Gasteiger partial charge on any atom is 0.325 e. The molecule has 1 unspecified atom stereocenters. The van der Waals surface area contributed by atoms with Gasteiger partial charge in [-0.25, -0.2) is 0 Å². The van der Waals surface area contributed by atoms with Crippen molar-refractivity contribution in [3.8, 4) is 11.5 Å². The molecule has 104 valence electrons. The molecule has 0 radical (unpaired) electrons. The zero-order chi connectivity index (χ0) is 14.0. The number of methoxy groups -OCH3 is 1. The summed E-state index contributed by atoms with van der Waals surface area (Å²) in [5.41, 5.74) is 5.92. The Kier molecular flexibility index (Phi) is 4.17. The highest BCUT2D eigenvalue weighted by Gasteiger charge is 2.24. The Labute approximate surface area is 116 Å². The largest absolute Gasteiger partial charge is 0.493 e. The molecular weight excluding hydrogens is 270 g/mol. The van der Waals surface area contributed by atoms with Gasteiger partial charge in [0.05, 0.1) is 13.2 Å². The van der Waals surface area contributed by atoms with E-state index in [1.165, 1.54) is 13.2 Å². The Morgan fingerprint density at radius 2 is 2.16 bits per heavy atom. The van der Waals surface area contributed by atoms with Crippen LogP contribution in [0.1, 0.15) is 30.9 Å². The van der Waals surface area contributed by atoms with Gasteiger partial charge in [0.1, 0.15) is 6.04 Å². The monoisotopic (exact) mass is 285 g/mol. The van der Waals surface area contributed by atoms with E-state index < -0.39 is 12.0 Å². The van der Waals surface area contributed by atoms with E-state index in [4.69, 9.17) is 31.9 Å². The Morgan fingerprint density at radius 3 is 2.63 bits per heavy atom. The second kappa shape index (κ2) is 5.67. The van der Waals surface area contributed by atoms with Crippen LogP contribution in [-0.4, -0.2) is 24.3 Å². The normalized spacial score (nSPS) is 16.6. The molecule has 1 aromatic rings. The van der Waals surface area contributed by atoms with Crippen molar-refractivity contribution in [3.05, 3.63) is 22.7 Å². The lowest BCUT2D eigenvalue weighted by molar-refractivity contribution is -0.138. The first-order valence-electron chi connectivity index (χ1n) is 6.05. The van der Waals surface area contributed by atoms with Crippen molar-refractivity contribution >= 4 is 17.6 Å². The van der Waals surface area contributed by atoms with Crippen LogP contribution in [0.3, 0.4) is 0 Å². The molecule has 0 saturated heterocycles. The number of hydrogen-bond donors (Lipinski definition) is 2. The van der Waals surface area contributed by atoms with E-state index in [0.29, 0.717) is 17.1 Å². The Morgan fingerprint density at radius 1 is 1.47 bits per heavy atom. The summed E-state index contributed by atoms with van der Waals surface area (Å²) in [4.78, 5) is 11.0. The first-order chi connectivity index (χ1) is 9.02. The van der Waals surface area contributed by atoms with Gasteiger partial charge >= 0.3 is 5.97 Å². The molecule has 0 amide bonds. The van der Waals surface area contributed by atoms with E-state index in [9.17, 15) is 4.79 Å². The minimum Gasteiger partial charge on any atom is -0.493 e. The van der Waals surface area contributed by atoms with Crippen LogP contribution in [0.15, 0.2) is 12.1 Å². The van der Waals surface area contributed by atoms with Crippen LogP contribution in [0.25, 0.3) is 0 Å². The van der Waals surface area contributed by atoms with Crippen LogP contribution in [0, 0.1) is 0 Å². The fourth-order valence-corrected chi connectivity index (χ4v) is 2.11. The van der Waals surface area contributed by atoms with Crippen LogP contribution in [0.5, 0.6) is 11.5 Å². The molecule has 1 atom stereocenters. The average molecular weight is 286 g/mol. The van der Waals surface area contributed by atoms with Gasteiger partial charge < -0.3 is 20.3 Å². The van der Waals surface area contributed by atoms with Crippen LogP contribution in [-0.2, 0) is 4.79 Å². The molecule has 3 N–H and O–H groups in total. The molecule has 0 bridgehead atoms. The number of hydrogen-bond acceptors (Lipinski definition) is 4. The van der Waals surface area contributed by atoms with Crippen molar-refractivity contribution in [2.75, 3.05) is 7.11 Å². The van der Waals surface area contributed by atoms with Crippen molar-refractivity contribution in [1.82, 2.24) is 0 Å². The lowest BCUT2D eigenvalue weighted by Crippen LogP contribution is -2.25. The van der Waals surface area contributed by atoms with E-state index in [2.05, 4.69) is 0 Å². The predicted octanol–water partition coefficient (Wildman–Crippen LogP) is 2.36. The Balaban J connectivity index is 2.33. The van der Waals surface area contributed by atoms with E-state index in [1.54, 1.807) is 6.07 Å². The molecule has 5 nitrogen and oxygen atoms in total. The standard InChI is InChI=1S/C13H16ClNO4/c1-18-10-6-9(14)8(12(15)13(16)17)5-11(10)19-7-3-2-4-7/h5-7,12H,2-4,15H2,1H3,(H,16,17). The lowest BCUT2D eigenvalue weighted by atomic mass is 9.96. The molecule has 0 aliphatic heterocycles. The number of carboxylic acid groups (broad SMARTS) is 1. The quantitative estimate of drug-likeness (QED) is 0.868. The predicted molar refractivity (Wildman–Crippen MR) is 70.8 cm³/mol. The maximum absolute atomic E-state index is 11.0. The third kappa shape index (κ3) is 2.93. The molecule has 1 saturated carbocycles. The first-order valence-corrected chi connectivity index (χ1v) is 6.43. The number of benzene rings is 1. The minimum atomic E-state index is -1.18. The van der Waals surface area contributed by atoms with Crippen LogP contribution >= 0.6 is 11.6 Å². The summed E-state index contributed by atoms with van der Waals surface area (Å²) < 4.78 is 11.0. The molecule has 0 heterocycles. The van der Waals surface area contributed by atoms with Gasteiger partial charge in [0.25, 0.3) is 0 Å². The molecule has 6 heteroatoms. The van der Waals surface area contributed by atoms with E-state index >= 15 is 0 Å². The molecule has 1 aromatic carbocycles. The van der Waals surface area contributed by atoms with Gasteiger partial charge in [-0.3, -0.25) is 4.79 Å². The third-order valence-electron chi connectivity index (χ3n) is 3.23. The molecule has 1 aliphatic carbocycles. The van der Waals surface area contributed by atoms with Crippen molar-refractivity contribution < 1.29 is 19.4 Å². The van der Waals surface area contributed by atoms with Crippen molar-refractivity contribution in [2.24, 2.45) is 5.73 Å². The number of carbonyl (C=O) groups is 1. The fourth-order valence-electron chi connectivity index (χ4n) is 1.84. The second-order valence-electron chi connectivity index (χ2n) is 4.51. The van der Waals surface area contributed by atoms with Gasteiger partial charge in [-0.05, 0) is 25.3 Å². The first kappa shape index (κ1) is 14.0. The molecular formula is C13H16ClNO4. The minimum absolute atomic E-state index is 0.156. The summed E-state index contributed by atoms with van der Waals surface area (Å²) in [6.45, 7) is 0. The number of ether oxygens (including phenoxy) is 2. The van der Waals surface area contributed by atoms with E-state index in [0.717, 1.165) is 19.3 Å². The van der Waals surface area contributed by atoms with Crippen molar-refractivity contribution in [3.63, 3.8) is 0 Å². The van der Waals surface area contributed by atoms with Gasteiger partial charge in [0, 0.05) is 16.7 Å². The zero-order valence-corrected chi connectivity index (χ0v) is 11.3. The van der Waals surface area contributed by atoms with Gasteiger partial charge in [-0.15, -0.1) is 0 Å². The summed E-state index contributed by atoms with van der Waals surface area (Å²) in [7, 11) is 1.51. The maximum atomic E-state index is 11.0. The SMILES string of the molecule is COc1cc(Cl)c(C(N)C(=O)O)cc1OC1CCC1. The van der Waals surface area contributed by atoms with E-state index in [1.807, 2.05) is 0 Å². The van der Waals surface area contributed by atoms with Gasteiger partial charge in [0.15, 0.2) is 11.5 Å². The summed E-state index contributed by atoms with van der Waals surface area (Å²) in [6.07, 6.45) is 3.28. The fraction of sp³-hybridized carbons (Fsp3) is 0.462. The van der Waals surface area contributed by atoms with Gasteiger partial charge in [0.2, 0.25) is 0 Å². The highest BCUT2D eigenvalue weighted by atomic mass is 35.5. The van der Waals surface area contributed by atoms with Crippen LogP contribution in [0.4, 0.5) is 0 Å². The smallest absolute Gasteiger partial charge is 0.325 e. The highest BCUT2D eigenvalue weighted by molar-refractivity contribution is 6.31. The van der Waals surface area contributed by atoms with Crippen LogP contribution < -0.4 is 15.2 Å². The number of nitrogens with two attached hydrogens (primary N) is 1. The zero-order valence-electron chi connectivity index (χ0n) is 10.6. The molecule has 19 heavy (non-hydrogen) atoms. The second-order valence-corrected chi connectivity index (χ2v) is 4.92. The Hall–Kier alpha value is -1.46. The summed E-state index contributed by atoms with van der Waals surface area (Å²) in [5.74, 6) is -0.164. The summed E-state index contributed by atoms with van der Waals surface area (Å²) in [5, 5.41) is 9.22. The third-order valence-corrected chi connectivity index (χ3v) is 3.56. The Bertz CT molecular complexity index is 488. The van der Waals surface area contributed by atoms with Crippen molar-refractivity contribution in [1.29, 1.82) is 0 Å². The number of aliphatic carboxylic acids is 1.